The highest BCUT2D eigenvalue weighted by atomic mass is 16.5. The Kier molecular flexibility index (Phi) is 7.55. The largest absolute Gasteiger partial charge is 0.495 e. The molecule has 4 nitrogen and oxygen atoms in total. The lowest BCUT2D eigenvalue weighted by atomic mass is 10.1. The average Bonchev–Trinajstić information content (AvgIpc) is 2.47. The number of benzene rings is 1. The summed E-state index contributed by atoms with van der Waals surface area (Å²) >= 11 is 0. The van der Waals surface area contributed by atoms with E-state index in [9.17, 15) is 4.79 Å². The first-order chi connectivity index (χ1) is 9.72. The number of hydrogen-bond acceptors (Lipinski definition) is 4. The molecular formula is C16H25NO3. The first kappa shape index (κ1) is 16.3. The predicted molar refractivity (Wildman–Crippen MR) is 81.2 cm³/mol. The number of carbonyl (C=O) groups excluding carboxylic acids is 1. The summed E-state index contributed by atoms with van der Waals surface area (Å²) in [5.74, 6) is 0.534. The van der Waals surface area contributed by atoms with Crippen LogP contribution in [0.5, 0.6) is 5.75 Å². The Balaban J connectivity index is 2.74. The molecule has 1 aromatic rings. The van der Waals surface area contributed by atoms with Gasteiger partial charge < -0.3 is 14.8 Å². The minimum Gasteiger partial charge on any atom is -0.495 e. The highest BCUT2D eigenvalue weighted by Gasteiger charge is 2.20. The molecule has 0 spiro atoms. The first-order valence-electron chi connectivity index (χ1n) is 7.29. The van der Waals surface area contributed by atoms with Gasteiger partial charge in [0.2, 0.25) is 0 Å². The van der Waals surface area contributed by atoms with Gasteiger partial charge in [-0.15, -0.1) is 0 Å². The molecule has 1 N–H and O–H groups in total. The summed E-state index contributed by atoms with van der Waals surface area (Å²) in [4.78, 5) is 12.0. The third-order valence-electron chi connectivity index (χ3n) is 3.10. The minimum absolute atomic E-state index is 0.200. The molecule has 0 aliphatic heterocycles. The van der Waals surface area contributed by atoms with E-state index in [4.69, 9.17) is 9.47 Å². The van der Waals surface area contributed by atoms with E-state index < -0.39 is 0 Å². The van der Waals surface area contributed by atoms with Crippen molar-refractivity contribution >= 4 is 11.7 Å². The summed E-state index contributed by atoms with van der Waals surface area (Å²) < 4.78 is 10.4. The van der Waals surface area contributed by atoms with Crippen molar-refractivity contribution in [3.05, 3.63) is 24.3 Å². The molecule has 0 aromatic heterocycles. The Morgan fingerprint density at radius 2 is 2.00 bits per heavy atom. The number of ether oxygens (including phenoxy) is 2. The number of para-hydroxylation sites is 2. The lowest BCUT2D eigenvalue weighted by Gasteiger charge is -2.19. The van der Waals surface area contributed by atoms with Gasteiger partial charge in [0.05, 0.1) is 19.4 Å². The van der Waals surface area contributed by atoms with E-state index in [-0.39, 0.29) is 12.0 Å². The fourth-order valence-corrected chi connectivity index (χ4v) is 2.04. The van der Waals surface area contributed by atoms with Crippen LogP contribution >= 0.6 is 0 Å². The van der Waals surface area contributed by atoms with Crippen LogP contribution in [-0.2, 0) is 9.53 Å². The average molecular weight is 279 g/mol. The van der Waals surface area contributed by atoms with Gasteiger partial charge in [0.25, 0.3) is 0 Å². The van der Waals surface area contributed by atoms with Gasteiger partial charge in [-0.25, -0.2) is 4.79 Å². The second kappa shape index (κ2) is 9.23. The van der Waals surface area contributed by atoms with Crippen LogP contribution in [0.4, 0.5) is 5.69 Å². The Labute approximate surface area is 121 Å². The predicted octanol–water partition coefficient (Wildman–Crippen LogP) is 3.62. The first-order valence-corrected chi connectivity index (χ1v) is 7.29. The zero-order valence-electron chi connectivity index (χ0n) is 12.6. The topological polar surface area (TPSA) is 47.6 Å². The molecule has 0 bridgehead atoms. The lowest BCUT2D eigenvalue weighted by molar-refractivity contribution is -0.144. The monoisotopic (exact) mass is 279 g/mol. The van der Waals surface area contributed by atoms with Crippen LogP contribution in [0.3, 0.4) is 0 Å². The smallest absolute Gasteiger partial charge is 0.328 e. The molecule has 20 heavy (non-hydrogen) atoms. The van der Waals surface area contributed by atoms with Crippen molar-refractivity contribution in [2.75, 3.05) is 19.0 Å². The maximum atomic E-state index is 12.0. The molecule has 1 rings (SSSR count). The van der Waals surface area contributed by atoms with Crippen molar-refractivity contribution in [3.8, 4) is 5.75 Å². The number of rotatable bonds is 9. The van der Waals surface area contributed by atoms with E-state index in [0.29, 0.717) is 6.61 Å². The number of unbranched alkanes of at least 4 members (excludes halogenated alkanes) is 2. The van der Waals surface area contributed by atoms with Crippen molar-refractivity contribution in [2.45, 2.75) is 45.6 Å². The maximum Gasteiger partial charge on any atom is 0.328 e. The molecule has 4 heteroatoms. The van der Waals surface area contributed by atoms with Crippen molar-refractivity contribution in [2.24, 2.45) is 0 Å². The SMILES string of the molecule is CCCCCC(Nc1ccccc1OC)C(=O)OCC. The van der Waals surface area contributed by atoms with E-state index in [1.165, 1.54) is 0 Å². The Hall–Kier alpha value is -1.71. The van der Waals surface area contributed by atoms with Gasteiger partial charge in [0.15, 0.2) is 0 Å². The van der Waals surface area contributed by atoms with Gasteiger partial charge in [0, 0.05) is 0 Å². The molecule has 0 heterocycles. The normalized spacial score (nSPS) is 11.8. The standard InChI is InChI=1S/C16H25NO3/c1-4-6-7-11-14(16(18)20-5-2)17-13-10-8-9-12-15(13)19-3/h8-10,12,14,17H,4-7,11H2,1-3H3. The zero-order valence-corrected chi connectivity index (χ0v) is 12.6. The number of hydrogen-bond donors (Lipinski definition) is 1. The van der Waals surface area contributed by atoms with Crippen LogP contribution < -0.4 is 10.1 Å². The Morgan fingerprint density at radius 1 is 1.25 bits per heavy atom. The van der Waals surface area contributed by atoms with E-state index in [1.807, 2.05) is 31.2 Å². The molecule has 0 saturated heterocycles. The van der Waals surface area contributed by atoms with Gasteiger partial charge in [-0.1, -0.05) is 38.3 Å². The fourth-order valence-electron chi connectivity index (χ4n) is 2.04. The van der Waals surface area contributed by atoms with Crippen LogP contribution in [0.15, 0.2) is 24.3 Å². The van der Waals surface area contributed by atoms with E-state index >= 15 is 0 Å². The molecule has 0 aliphatic carbocycles. The maximum absolute atomic E-state index is 12.0. The Morgan fingerprint density at radius 3 is 2.65 bits per heavy atom. The van der Waals surface area contributed by atoms with Gasteiger partial charge >= 0.3 is 5.97 Å². The van der Waals surface area contributed by atoms with Crippen molar-refractivity contribution < 1.29 is 14.3 Å². The summed E-state index contributed by atoms with van der Waals surface area (Å²) in [5, 5.41) is 3.24. The van der Waals surface area contributed by atoms with Gasteiger partial charge in [-0.2, -0.15) is 0 Å². The number of carbonyl (C=O) groups is 1. The molecule has 1 atom stereocenters. The molecule has 112 valence electrons. The number of nitrogens with one attached hydrogen (secondary N) is 1. The van der Waals surface area contributed by atoms with Crippen LogP contribution in [0, 0.1) is 0 Å². The summed E-state index contributed by atoms with van der Waals surface area (Å²) in [6.07, 6.45) is 4.01. The van der Waals surface area contributed by atoms with Crippen molar-refractivity contribution in [3.63, 3.8) is 0 Å². The quantitative estimate of drug-likeness (QED) is 0.554. The molecule has 0 radical (unpaired) electrons. The lowest BCUT2D eigenvalue weighted by Crippen LogP contribution is -2.31. The van der Waals surface area contributed by atoms with Crippen LogP contribution in [0.2, 0.25) is 0 Å². The minimum atomic E-state index is -0.321. The Bertz CT molecular complexity index is 406. The number of methoxy groups -OCH3 is 1. The van der Waals surface area contributed by atoms with E-state index in [0.717, 1.165) is 37.1 Å². The summed E-state index contributed by atoms with van der Waals surface area (Å²) in [6, 6.07) is 7.28. The fraction of sp³-hybridized carbons (Fsp3) is 0.562. The van der Waals surface area contributed by atoms with Crippen molar-refractivity contribution in [1.82, 2.24) is 0 Å². The molecule has 0 saturated carbocycles. The second-order valence-corrected chi connectivity index (χ2v) is 4.65. The molecule has 0 aliphatic rings. The van der Waals surface area contributed by atoms with Crippen LogP contribution in [0.1, 0.15) is 39.5 Å². The third kappa shape index (κ3) is 5.11. The summed E-state index contributed by atoms with van der Waals surface area (Å²) in [6.45, 7) is 4.37. The highest BCUT2D eigenvalue weighted by Crippen LogP contribution is 2.25. The molecule has 0 amide bonds. The molecule has 1 aromatic carbocycles. The zero-order chi connectivity index (χ0) is 14.8. The second-order valence-electron chi connectivity index (χ2n) is 4.65. The van der Waals surface area contributed by atoms with Crippen molar-refractivity contribution in [1.29, 1.82) is 0 Å². The summed E-state index contributed by atoms with van der Waals surface area (Å²) in [7, 11) is 1.62. The molecule has 0 fully saturated rings. The van der Waals surface area contributed by atoms with Gasteiger partial charge in [-0.3, -0.25) is 0 Å². The number of esters is 1. The van der Waals surface area contributed by atoms with Gasteiger partial charge in [-0.05, 0) is 25.5 Å². The molecule has 1 unspecified atom stereocenters. The van der Waals surface area contributed by atoms with E-state index in [1.54, 1.807) is 7.11 Å². The summed E-state index contributed by atoms with van der Waals surface area (Å²) in [5.41, 5.74) is 0.824. The molecular weight excluding hydrogens is 254 g/mol. The van der Waals surface area contributed by atoms with E-state index in [2.05, 4.69) is 12.2 Å². The van der Waals surface area contributed by atoms with Crippen LogP contribution in [-0.4, -0.2) is 25.7 Å². The third-order valence-corrected chi connectivity index (χ3v) is 3.10. The number of anilines is 1. The highest BCUT2D eigenvalue weighted by molar-refractivity contribution is 5.80. The van der Waals surface area contributed by atoms with Gasteiger partial charge in [0.1, 0.15) is 11.8 Å². The van der Waals surface area contributed by atoms with Crippen LogP contribution in [0.25, 0.3) is 0 Å².